The lowest BCUT2D eigenvalue weighted by molar-refractivity contribution is -0.113. The Hall–Kier alpha value is -3.45. The minimum absolute atomic E-state index is 0.0846. The lowest BCUT2D eigenvalue weighted by atomic mass is 10.0. The second kappa shape index (κ2) is 10.4. The molecular formula is C26H27N5OS. The smallest absolute Gasteiger partial charge is 0.234 e. The van der Waals surface area contributed by atoms with Crippen LogP contribution in [-0.2, 0) is 11.2 Å². The van der Waals surface area contributed by atoms with Crippen molar-refractivity contribution in [1.29, 1.82) is 0 Å². The van der Waals surface area contributed by atoms with Gasteiger partial charge < -0.3 is 5.32 Å². The first kappa shape index (κ1) is 22.7. The van der Waals surface area contributed by atoms with Gasteiger partial charge in [0.1, 0.15) is 0 Å². The highest BCUT2D eigenvalue weighted by Crippen LogP contribution is 2.28. The van der Waals surface area contributed by atoms with Gasteiger partial charge in [0, 0.05) is 29.3 Å². The van der Waals surface area contributed by atoms with Crippen LogP contribution in [0.25, 0.3) is 17.1 Å². The van der Waals surface area contributed by atoms with Crippen molar-refractivity contribution in [2.75, 3.05) is 11.1 Å². The van der Waals surface area contributed by atoms with Gasteiger partial charge in [-0.25, -0.2) is 0 Å². The summed E-state index contributed by atoms with van der Waals surface area (Å²) < 4.78 is 1.99. The van der Waals surface area contributed by atoms with Gasteiger partial charge in [0.2, 0.25) is 5.91 Å². The highest BCUT2D eigenvalue weighted by Gasteiger charge is 2.17. The van der Waals surface area contributed by atoms with E-state index in [1.165, 1.54) is 22.9 Å². The minimum Gasteiger partial charge on any atom is -0.325 e. The van der Waals surface area contributed by atoms with Crippen LogP contribution in [0.4, 0.5) is 5.69 Å². The normalized spacial score (nSPS) is 11.0. The van der Waals surface area contributed by atoms with Gasteiger partial charge >= 0.3 is 0 Å². The molecule has 0 aliphatic rings. The molecule has 0 unspecified atom stereocenters. The van der Waals surface area contributed by atoms with Crippen LogP contribution in [0.2, 0.25) is 0 Å². The van der Waals surface area contributed by atoms with E-state index < -0.39 is 0 Å². The van der Waals surface area contributed by atoms with Gasteiger partial charge in [0.05, 0.1) is 5.75 Å². The van der Waals surface area contributed by atoms with Crippen molar-refractivity contribution >= 4 is 23.4 Å². The van der Waals surface area contributed by atoms with E-state index in [0.29, 0.717) is 16.9 Å². The fourth-order valence-corrected chi connectivity index (χ4v) is 4.20. The van der Waals surface area contributed by atoms with Crippen LogP contribution in [-0.4, -0.2) is 31.4 Å². The van der Waals surface area contributed by atoms with E-state index in [1.807, 2.05) is 41.0 Å². The molecule has 1 amide bonds. The number of rotatable bonds is 8. The minimum atomic E-state index is -0.0846. The van der Waals surface area contributed by atoms with Crippen LogP contribution in [0.15, 0.2) is 78.2 Å². The van der Waals surface area contributed by atoms with Gasteiger partial charge in [-0.05, 0) is 59.9 Å². The fourth-order valence-electron chi connectivity index (χ4n) is 3.44. The molecule has 2 heterocycles. The molecule has 33 heavy (non-hydrogen) atoms. The van der Waals surface area contributed by atoms with Crippen LogP contribution < -0.4 is 5.32 Å². The molecule has 1 N–H and O–H groups in total. The van der Waals surface area contributed by atoms with Crippen molar-refractivity contribution in [1.82, 2.24) is 19.7 Å². The number of anilines is 1. The second-order valence-electron chi connectivity index (χ2n) is 8.01. The van der Waals surface area contributed by atoms with Crippen molar-refractivity contribution < 1.29 is 4.79 Å². The van der Waals surface area contributed by atoms with Gasteiger partial charge in [-0.2, -0.15) is 0 Å². The third-order valence-corrected chi connectivity index (χ3v) is 6.30. The first-order valence-corrected chi connectivity index (χ1v) is 12.0. The molecule has 2 aromatic carbocycles. The molecule has 6 nitrogen and oxygen atoms in total. The summed E-state index contributed by atoms with van der Waals surface area (Å²) in [7, 11) is 0. The number of hydrogen-bond acceptors (Lipinski definition) is 5. The number of carbonyl (C=O) groups excluding carboxylic acids is 1. The highest BCUT2D eigenvalue weighted by molar-refractivity contribution is 7.99. The average molecular weight is 458 g/mol. The Morgan fingerprint density at radius 3 is 2.30 bits per heavy atom. The molecule has 0 aliphatic carbocycles. The lowest BCUT2D eigenvalue weighted by Crippen LogP contribution is -2.14. The predicted octanol–water partition coefficient (Wildman–Crippen LogP) is 5.75. The van der Waals surface area contributed by atoms with E-state index in [1.54, 1.807) is 12.4 Å². The van der Waals surface area contributed by atoms with E-state index in [2.05, 4.69) is 65.5 Å². The maximum Gasteiger partial charge on any atom is 0.234 e. The summed E-state index contributed by atoms with van der Waals surface area (Å²) in [4.78, 5) is 16.7. The van der Waals surface area contributed by atoms with Crippen LogP contribution in [0, 0.1) is 0 Å². The molecule has 0 radical (unpaired) electrons. The summed E-state index contributed by atoms with van der Waals surface area (Å²) in [6.07, 6.45) is 4.44. The summed E-state index contributed by atoms with van der Waals surface area (Å²) >= 11 is 1.36. The Bertz CT molecular complexity index is 1200. The molecule has 4 rings (SSSR count). The zero-order valence-electron chi connectivity index (χ0n) is 19.0. The van der Waals surface area contributed by atoms with E-state index in [4.69, 9.17) is 0 Å². The van der Waals surface area contributed by atoms with Crippen molar-refractivity contribution in [2.24, 2.45) is 0 Å². The van der Waals surface area contributed by atoms with Gasteiger partial charge in [-0.15, -0.1) is 10.2 Å². The number of nitrogens with one attached hydrogen (secondary N) is 1. The van der Waals surface area contributed by atoms with Crippen LogP contribution in [0.1, 0.15) is 37.8 Å². The molecule has 168 valence electrons. The van der Waals surface area contributed by atoms with E-state index in [9.17, 15) is 4.79 Å². The summed E-state index contributed by atoms with van der Waals surface area (Å²) in [5.74, 6) is 1.32. The SMILES string of the molecule is CCc1ccc(-n2c(SCC(=O)Nc3ccc(C(C)C)cc3)nnc2-c2ccncc2)cc1. The lowest BCUT2D eigenvalue weighted by Gasteiger charge is -2.11. The molecule has 0 atom stereocenters. The zero-order valence-corrected chi connectivity index (χ0v) is 19.8. The standard InChI is InChI=1S/C26H27N5OS/c1-4-19-5-11-23(12-6-19)31-25(21-13-15-27-16-14-21)29-30-26(31)33-17-24(32)28-22-9-7-20(8-10-22)18(2)3/h5-16,18H,4,17H2,1-3H3,(H,28,32). The Morgan fingerprint density at radius 1 is 0.970 bits per heavy atom. The van der Waals surface area contributed by atoms with E-state index >= 15 is 0 Å². The molecule has 2 aromatic heterocycles. The number of hydrogen-bond donors (Lipinski definition) is 1. The number of pyridine rings is 1. The topological polar surface area (TPSA) is 72.7 Å². The second-order valence-corrected chi connectivity index (χ2v) is 8.95. The van der Waals surface area contributed by atoms with Crippen molar-refractivity contribution in [3.63, 3.8) is 0 Å². The van der Waals surface area contributed by atoms with Crippen LogP contribution >= 0.6 is 11.8 Å². The van der Waals surface area contributed by atoms with Gasteiger partial charge in [0.15, 0.2) is 11.0 Å². The Morgan fingerprint density at radius 2 is 1.67 bits per heavy atom. The maximum atomic E-state index is 12.6. The largest absolute Gasteiger partial charge is 0.325 e. The summed E-state index contributed by atoms with van der Waals surface area (Å²) in [6.45, 7) is 6.43. The number of aromatic nitrogens is 4. The third-order valence-electron chi connectivity index (χ3n) is 5.37. The molecule has 0 aliphatic heterocycles. The highest BCUT2D eigenvalue weighted by atomic mass is 32.2. The number of amides is 1. The predicted molar refractivity (Wildman–Crippen MR) is 134 cm³/mol. The quantitative estimate of drug-likeness (QED) is 0.341. The van der Waals surface area contributed by atoms with Crippen molar-refractivity contribution in [3.8, 4) is 17.1 Å². The number of thioether (sulfide) groups is 1. The fraction of sp³-hybridized carbons (Fsp3) is 0.231. The average Bonchev–Trinajstić information content (AvgIpc) is 3.27. The monoisotopic (exact) mass is 457 g/mol. The Balaban J connectivity index is 1.54. The number of nitrogens with zero attached hydrogens (tertiary/aromatic N) is 4. The molecule has 0 bridgehead atoms. The summed E-state index contributed by atoms with van der Waals surface area (Å²) in [6, 6.07) is 20.1. The molecule has 0 fully saturated rings. The molecule has 4 aromatic rings. The Labute approximate surface area is 198 Å². The van der Waals surface area contributed by atoms with Gasteiger partial charge in [-0.1, -0.05) is 56.8 Å². The van der Waals surface area contributed by atoms with Crippen LogP contribution in [0.3, 0.4) is 0 Å². The third kappa shape index (κ3) is 5.49. The molecule has 0 spiro atoms. The van der Waals surface area contributed by atoms with Crippen molar-refractivity contribution in [3.05, 3.63) is 84.2 Å². The number of carbonyl (C=O) groups is 1. The Kier molecular flexibility index (Phi) is 7.19. The van der Waals surface area contributed by atoms with Crippen LogP contribution in [0.5, 0.6) is 0 Å². The van der Waals surface area contributed by atoms with Gasteiger partial charge in [0.25, 0.3) is 0 Å². The zero-order chi connectivity index (χ0) is 23.2. The summed E-state index contributed by atoms with van der Waals surface area (Å²) in [5, 5.41) is 12.5. The van der Waals surface area contributed by atoms with E-state index in [-0.39, 0.29) is 11.7 Å². The first-order valence-electron chi connectivity index (χ1n) is 11.0. The van der Waals surface area contributed by atoms with Crippen molar-refractivity contribution in [2.45, 2.75) is 38.3 Å². The maximum absolute atomic E-state index is 12.6. The number of benzene rings is 2. The molecule has 0 saturated heterocycles. The molecule has 0 saturated carbocycles. The first-order chi connectivity index (χ1) is 16.0. The molecular weight excluding hydrogens is 430 g/mol. The number of aryl methyl sites for hydroxylation is 1. The summed E-state index contributed by atoms with van der Waals surface area (Å²) in [5.41, 5.74) is 5.16. The van der Waals surface area contributed by atoms with E-state index in [0.717, 1.165) is 23.4 Å². The van der Waals surface area contributed by atoms with Gasteiger partial charge in [-0.3, -0.25) is 14.3 Å². The molecule has 7 heteroatoms.